The summed E-state index contributed by atoms with van der Waals surface area (Å²) in [6.45, 7) is 0.650. The van der Waals surface area contributed by atoms with Crippen LogP contribution < -0.4 is 0 Å². The zero-order valence-corrected chi connectivity index (χ0v) is 9.77. The van der Waals surface area contributed by atoms with Crippen LogP contribution in [0, 0.1) is 17.2 Å². The largest absolute Gasteiger partial charge is 0.372 e. The summed E-state index contributed by atoms with van der Waals surface area (Å²) in [5.74, 6) is 0.101. The molecule has 3 nitrogen and oxygen atoms in total. The molecule has 0 saturated carbocycles. The van der Waals surface area contributed by atoms with E-state index in [1.54, 1.807) is 6.20 Å². The maximum Gasteiger partial charge on any atom is 0.101 e. The third-order valence-corrected chi connectivity index (χ3v) is 3.03. The second-order valence-electron chi connectivity index (χ2n) is 3.61. The lowest BCUT2D eigenvalue weighted by Gasteiger charge is -2.25. The molecule has 2 atom stereocenters. The van der Waals surface area contributed by atoms with Crippen molar-refractivity contribution in [2.75, 3.05) is 6.61 Å². The summed E-state index contributed by atoms with van der Waals surface area (Å²) in [4.78, 5) is 4.27. The van der Waals surface area contributed by atoms with Crippen LogP contribution in [0.1, 0.15) is 24.6 Å². The van der Waals surface area contributed by atoms with E-state index in [1.165, 1.54) is 0 Å². The predicted molar refractivity (Wildman–Crippen MR) is 59.0 cm³/mol. The van der Waals surface area contributed by atoms with Crippen LogP contribution in [0.15, 0.2) is 22.8 Å². The molecule has 1 saturated heterocycles. The van der Waals surface area contributed by atoms with Crippen LogP contribution in [0.3, 0.4) is 0 Å². The van der Waals surface area contributed by atoms with Crippen molar-refractivity contribution in [1.29, 1.82) is 5.26 Å². The Kier molecular flexibility index (Phi) is 3.34. The fourth-order valence-corrected chi connectivity index (χ4v) is 2.07. The monoisotopic (exact) mass is 266 g/mol. The van der Waals surface area contributed by atoms with Gasteiger partial charge < -0.3 is 4.74 Å². The van der Waals surface area contributed by atoms with Crippen molar-refractivity contribution < 1.29 is 4.74 Å². The van der Waals surface area contributed by atoms with Crippen molar-refractivity contribution in [1.82, 2.24) is 4.98 Å². The maximum absolute atomic E-state index is 8.88. The topological polar surface area (TPSA) is 45.9 Å². The fourth-order valence-electron chi connectivity index (χ4n) is 1.72. The Hall–Kier alpha value is -0.920. The van der Waals surface area contributed by atoms with Gasteiger partial charge in [-0.05, 0) is 25.0 Å². The first-order chi connectivity index (χ1) is 7.29. The number of hydrogen-bond acceptors (Lipinski definition) is 3. The van der Waals surface area contributed by atoms with Crippen molar-refractivity contribution in [2.24, 2.45) is 5.92 Å². The first kappa shape index (κ1) is 10.6. The van der Waals surface area contributed by atoms with E-state index in [4.69, 9.17) is 10.00 Å². The second kappa shape index (κ2) is 4.73. The van der Waals surface area contributed by atoms with Crippen LogP contribution in [0.4, 0.5) is 0 Å². The molecule has 1 aliphatic rings. The van der Waals surface area contributed by atoms with Gasteiger partial charge in [0.15, 0.2) is 0 Å². The fraction of sp³-hybridized carbons (Fsp3) is 0.455. The summed E-state index contributed by atoms with van der Waals surface area (Å²) in [6.07, 6.45) is 3.31. The molecule has 1 aromatic rings. The molecule has 78 valence electrons. The number of pyridine rings is 1. The van der Waals surface area contributed by atoms with Crippen LogP contribution in [-0.4, -0.2) is 11.6 Å². The third kappa shape index (κ3) is 2.55. The quantitative estimate of drug-likeness (QED) is 0.786. The minimum atomic E-state index is -0.0269. The number of hydrogen-bond donors (Lipinski definition) is 0. The van der Waals surface area contributed by atoms with Crippen molar-refractivity contribution in [3.63, 3.8) is 0 Å². The van der Waals surface area contributed by atoms with E-state index in [-0.39, 0.29) is 12.0 Å². The van der Waals surface area contributed by atoms with E-state index in [0.29, 0.717) is 6.61 Å². The molecule has 0 bridgehead atoms. The highest BCUT2D eigenvalue weighted by molar-refractivity contribution is 9.10. The average molecular weight is 267 g/mol. The SMILES string of the molecule is N#CC1CCOC(c2cc(Br)ccn2)C1. The van der Waals surface area contributed by atoms with Gasteiger partial charge in [0.1, 0.15) is 6.10 Å². The molecule has 2 rings (SSSR count). The minimum absolute atomic E-state index is 0.0269. The number of nitriles is 1. The summed E-state index contributed by atoms with van der Waals surface area (Å²) in [5.41, 5.74) is 0.907. The molecule has 1 aliphatic heterocycles. The summed E-state index contributed by atoms with van der Waals surface area (Å²) in [6, 6.07) is 6.13. The summed E-state index contributed by atoms with van der Waals surface area (Å²) >= 11 is 3.40. The first-order valence-electron chi connectivity index (χ1n) is 4.92. The van der Waals surface area contributed by atoms with Crippen LogP contribution in [0.5, 0.6) is 0 Å². The molecule has 0 amide bonds. The third-order valence-electron chi connectivity index (χ3n) is 2.54. The maximum atomic E-state index is 8.88. The molecule has 2 unspecified atom stereocenters. The zero-order valence-electron chi connectivity index (χ0n) is 8.19. The van der Waals surface area contributed by atoms with E-state index in [0.717, 1.165) is 23.0 Å². The van der Waals surface area contributed by atoms with Crippen LogP contribution in [0.2, 0.25) is 0 Å². The minimum Gasteiger partial charge on any atom is -0.372 e. The lowest BCUT2D eigenvalue weighted by atomic mass is 9.95. The van der Waals surface area contributed by atoms with Crippen molar-refractivity contribution >= 4 is 15.9 Å². The Bertz CT molecular complexity index is 388. The van der Waals surface area contributed by atoms with Gasteiger partial charge in [-0.3, -0.25) is 4.98 Å². The Labute approximate surface area is 97.2 Å². The van der Waals surface area contributed by atoms with E-state index >= 15 is 0 Å². The Morgan fingerprint density at radius 2 is 2.47 bits per heavy atom. The van der Waals surface area contributed by atoms with E-state index in [1.807, 2.05) is 12.1 Å². The zero-order chi connectivity index (χ0) is 10.7. The predicted octanol–water partition coefficient (Wildman–Crippen LogP) is 2.84. The van der Waals surface area contributed by atoms with E-state index < -0.39 is 0 Å². The number of rotatable bonds is 1. The Morgan fingerprint density at radius 1 is 1.60 bits per heavy atom. The van der Waals surface area contributed by atoms with Gasteiger partial charge in [0.05, 0.1) is 17.7 Å². The number of nitrogens with zero attached hydrogens (tertiary/aromatic N) is 2. The number of halogens is 1. The molecule has 1 fully saturated rings. The Balaban J connectivity index is 2.14. The highest BCUT2D eigenvalue weighted by Gasteiger charge is 2.24. The first-order valence-corrected chi connectivity index (χ1v) is 5.71. The van der Waals surface area contributed by atoms with Gasteiger partial charge >= 0.3 is 0 Å². The van der Waals surface area contributed by atoms with E-state index in [2.05, 4.69) is 27.0 Å². The van der Waals surface area contributed by atoms with Crippen LogP contribution >= 0.6 is 15.9 Å². The lowest BCUT2D eigenvalue weighted by Crippen LogP contribution is -2.19. The van der Waals surface area contributed by atoms with Crippen LogP contribution in [-0.2, 0) is 4.74 Å². The molecule has 15 heavy (non-hydrogen) atoms. The number of aromatic nitrogens is 1. The van der Waals surface area contributed by atoms with E-state index in [9.17, 15) is 0 Å². The summed E-state index contributed by atoms with van der Waals surface area (Å²) in [7, 11) is 0. The smallest absolute Gasteiger partial charge is 0.101 e. The standard InChI is InChI=1S/C11H11BrN2O/c12-9-1-3-14-10(6-9)11-5-8(7-13)2-4-15-11/h1,3,6,8,11H,2,4-5H2. The highest BCUT2D eigenvalue weighted by atomic mass is 79.9. The van der Waals surface area contributed by atoms with Gasteiger partial charge in [0.2, 0.25) is 0 Å². The van der Waals surface area contributed by atoms with Gasteiger partial charge in [-0.25, -0.2) is 0 Å². The van der Waals surface area contributed by atoms with Crippen molar-refractivity contribution in [2.45, 2.75) is 18.9 Å². The molecule has 2 heterocycles. The van der Waals surface area contributed by atoms with Gasteiger partial charge in [-0.1, -0.05) is 15.9 Å². The summed E-state index contributed by atoms with van der Waals surface area (Å²) < 4.78 is 6.61. The molecule has 0 spiro atoms. The van der Waals surface area contributed by atoms with Crippen molar-refractivity contribution in [3.05, 3.63) is 28.5 Å². The molecule has 0 N–H and O–H groups in total. The van der Waals surface area contributed by atoms with Gasteiger partial charge in [-0.15, -0.1) is 0 Å². The second-order valence-corrected chi connectivity index (χ2v) is 4.52. The molecular formula is C11H11BrN2O. The lowest BCUT2D eigenvalue weighted by molar-refractivity contribution is -0.00184. The van der Waals surface area contributed by atoms with Gasteiger partial charge in [-0.2, -0.15) is 5.26 Å². The summed E-state index contributed by atoms with van der Waals surface area (Å²) in [5, 5.41) is 8.88. The molecule has 1 aromatic heterocycles. The number of ether oxygens (including phenoxy) is 1. The molecular weight excluding hydrogens is 256 g/mol. The Morgan fingerprint density at radius 3 is 3.20 bits per heavy atom. The molecule has 4 heteroatoms. The molecule has 0 aliphatic carbocycles. The van der Waals surface area contributed by atoms with Crippen molar-refractivity contribution in [3.8, 4) is 6.07 Å². The molecule has 0 aromatic carbocycles. The average Bonchev–Trinajstić information content (AvgIpc) is 2.29. The molecule has 0 radical (unpaired) electrons. The normalized spacial score (nSPS) is 25.9. The highest BCUT2D eigenvalue weighted by Crippen LogP contribution is 2.30. The van der Waals surface area contributed by atoms with Crippen LogP contribution in [0.25, 0.3) is 0 Å². The van der Waals surface area contributed by atoms with Gasteiger partial charge in [0, 0.05) is 17.3 Å². The van der Waals surface area contributed by atoms with Gasteiger partial charge in [0.25, 0.3) is 0 Å².